The number of aromatic nitrogens is 4. The number of rotatable bonds is 6. The molecule has 9 heteroatoms. The van der Waals surface area contributed by atoms with Crippen LogP contribution in [0.2, 0.25) is 0 Å². The number of amides is 1. The molecule has 5 rings (SSSR count). The van der Waals surface area contributed by atoms with Crippen LogP contribution in [0.25, 0.3) is 22.4 Å². The SMILES string of the molecule is COc1cccc(NC(=O)C(C)Sc2nnc3n(-c4cc(C)ccc4C)c(=O)c4ccccc4n23)c1. The Bertz CT molecular complexity index is 1670. The van der Waals surface area contributed by atoms with E-state index in [1.807, 2.05) is 73.7 Å². The Kier molecular flexibility index (Phi) is 6.24. The first-order valence-electron chi connectivity index (χ1n) is 11.5. The molecule has 0 spiro atoms. The fraction of sp³-hybridized carbons (Fsp3) is 0.185. The third-order valence-electron chi connectivity index (χ3n) is 5.99. The standard InChI is InChI=1S/C27H25N5O3S/c1-16-12-13-17(2)23(14-16)31-25(34)21-10-5-6-11-22(21)32-26(31)29-30-27(32)36-18(3)24(33)28-19-8-7-9-20(15-19)35-4/h5-15,18H,1-4H3,(H,28,33). The molecule has 0 saturated carbocycles. The third kappa shape index (κ3) is 4.22. The number of fused-ring (bicyclic) bond motifs is 3. The molecule has 0 aliphatic rings. The van der Waals surface area contributed by atoms with Crippen molar-refractivity contribution in [2.45, 2.75) is 31.2 Å². The number of aryl methyl sites for hydroxylation is 2. The number of methoxy groups -OCH3 is 1. The van der Waals surface area contributed by atoms with E-state index in [1.54, 1.807) is 29.9 Å². The highest BCUT2D eigenvalue weighted by atomic mass is 32.2. The molecular weight excluding hydrogens is 474 g/mol. The Balaban J connectivity index is 1.59. The molecule has 182 valence electrons. The van der Waals surface area contributed by atoms with Crippen LogP contribution in [0, 0.1) is 13.8 Å². The lowest BCUT2D eigenvalue weighted by atomic mass is 10.1. The summed E-state index contributed by atoms with van der Waals surface area (Å²) < 4.78 is 8.68. The van der Waals surface area contributed by atoms with Gasteiger partial charge in [-0.05, 0) is 62.2 Å². The van der Waals surface area contributed by atoms with Gasteiger partial charge in [-0.15, -0.1) is 10.2 Å². The molecule has 0 aliphatic heterocycles. The molecule has 2 heterocycles. The minimum absolute atomic E-state index is 0.167. The number of benzene rings is 3. The second-order valence-corrected chi connectivity index (χ2v) is 9.85. The summed E-state index contributed by atoms with van der Waals surface area (Å²) >= 11 is 1.28. The fourth-order valence-electron chi connectivity index (χ4n) is 4.09. The number of anilines is 1. The average Bonchev–Trinajstić information content (AvgIpc) is 3.29. The normalized spacial score (nSPS) is 12.1. The molecule has 1 N–H and O–H groups in total. The molecule has 3 aromatic carbocycles. The molecule has 1 unspecified atom stereocenters. The van der Waals surface area contributed by atoms with Crippen LogP contribution in [-0.2, 0) is 4.79 Å². The van der Waals surface area contributed by atoms with Gasteiger partial charge >= 0.3 is 0 Å². The summed E-state index contributed by atoms with van der Waals surface area (Å²) in [7, 11) is 1.58. The zero-order chi connectivity index (χ0) is 25.4. The van der Waals surface area contributed by atoms with Gasteiger partial charge < -0.3 is 10.1 Å². The molecule has 1 amide bonds. The smallest absolute Gasteiger partial charge is 0.267 e. The second kappa shape index (κ2) is 9.50. The molecule has 2 aromatic heterocycles. The maximum atomic E-state index is 13.6. The van der Waals surface area contributed by atoms with Crippen molar-refractivity contribution in [1.29, 1.82) is 0 Å². The lowest BCUT2D eigenvalue weighted by Crippen LogP contribution is -2.24. The summed E-state index contributed by atoms with van der Waals surface area (Å²) in [6.07, 6.45) is 0. The predicted molar refractivity (Wildman–Crippen MR) is 143 cm³/mol. The number of para-hydroxylation sites is 1. The molecule has 0 saturated heterocycles. The van der Waals surface area contributed by atoms with E-state index in [0.29, 0.717) is 33.3 Å². The lowest BCUT2D eigenvalue weighted by Gasteiger charge is -2.15. The summed E-state index contributed by atoms with van der Waals surface area (Å²) in [4.78, 5) is 26.6. The zero-order valence-corrected chi connectivity index (χ0v) is 21.2. The molecule has 0 radical (unpaired) electrons. The maximum Gasteiger partial charge on any atom is 0.267 e. The van der Waals surface area contributed by atoms with E-state index in [-0.39, 0.29) is 11.5 Å². The van der Waals surface area contributed by atoms with Crippen molar-refractivity contribution >= 4 is 40.0 Å². The summed E-state index contributed by atoms with van der Waals surface area (Å²) in [5, 5.41) is 12.3. The van der Waals surface area contributed by atoms with Crippen LogP contribution in [0.1, 0.15) is 18.1 Å². The molecule has 1 atom stereocenters. The topological polar surface area (TPSA) is 90.5 Å². The highest BCUT2D eigenvalue weighted by Gasteiger charge is 2.23. The van der Waals surface area contributed by atoms with Crippen molar-refractivity contribution < 1.29 is 9.53 Å². The van der Waals surface area contributed by atoms with E-state index >= 15 is 0 Å². The van der Waals surface area contributed by atoms with Gasteiger partial charge in [-0.1, -0.05) is 42.1 Å². The third-order valence-corrected chi connectivity index (χ3v) is 7.03. The number of hydrogen-bond acceptors (Lipinski definition) is 6. The van der Waals surface area contributed by atoms with E-state index in [0.717, 1.165) is 16.8 Å². The summed E-state index contributed by atoms with van der Waals surface area (Å²) in [5.41, 5.74) is 3.90. The highest BCUT2D eigenvalue weighted by molar-refractivity contribution is 8.00. The first-order chi connectivity index (χ1) is 17.4. The van der Waals surface area contributed by atoms with E-state index in [2.05, 4.69) is 15.5 Å². The number of carbonyl (C=O) groups is 1. The zero-order valence-electron chi connectivity index (χ0n) is 20.4. The lowest BCUT2D eigenvalue weighted by molar-refractivity contribution is -0.115. The number of nitrogens with zero attached hydrogens (tertiary/aromatic N) is 4. The van der Waals surface area contributed by atoms with Gasteiger partial charge in [0.25, 0.3) is 5.56 Å². The molecule has 0 bridgehead atoms. The van der Waals surface area contributed by atoms with Gasteiger partial charge in [0.1, 0.15) is 5.75 Å². The van der Waals surface area contributed by atoms with Gasteiger partial charge in [-0.25, -0.2) is 4.57 Å². The van der Waals surface area contributed by atoms with Crippen LogP contribution >= 0.6 is 11.8 Å². The van der Waals surface area contributed by atoms with Gasteiger partial charge in [0.2, 0.25) is 11.7 Å². The van der Waals surface area contributed by atoms with Crippen LogP contribution < -0.4 is 15.6 Å². The molecule has 0 fully saturated rings. The molecule has 8 nitrogen and oxygen atoms in total. The summed E-state index contributed by atoms with van der Waals surface area (Å²) in [6, 6.07) is 20.5. The number of nitrogens with one attached hydrogen (secondary N) is 1. The predicted octanol–water partition coefficient (Wildman–Crippen LogP) is 4.78. The van der Waals surface area contributed by atoms with Crippen molar-refractivity contribution in [2.24, 2.45) is 0 Å². The van der Waals surface area contributed by atoms with Gasteiger partial charge in [0.15, 0.2) is 5.16 Å². The molecule has 36 heavy (non-hydrogen) atoms. The van der Waals surface area contributed by atoms with E-state index in [1.165, 1.54) is 11.8 Å². The Labute approximate surface area is 211 Å². The maximum absolute atomic E-state index is 13.6. The first kappa shape index (κ1) is 23.6. The Hall–Kier alpha value is -4.11. The van der Waals surface area contributed by atoms with Crippen LogP contribution in [0.3, 0.4) is 0 Å². The average molecular weight is 500 g/mol. The van der Waals surface area contributed by atoms with Crippen LogP contribution in [0.4, 0.5) is 5.69 Å². The van der Waals surface area contributed by atoms with Crippen LogP contribution in [0.15, 0.2) is 76.7 Å². The van der Waals surface area contributed by atoms with Crippen molar-refractivity contribution in [3.05, 3.63) is 88.2 Å². The number of ether oxygens (including phenoxy) is 1. The minimum atomic E-state index is -0.483. The first-order valence-corrected chi connectivity index (χ1v) is 12.3. The molecule has 5 aromatic rings. The van der Waals surface area contributed by atoms with E-state index in [4.69, 9.17) is 4.74 Å². The summed E-state index contributed by atoms with van der Waals surface area (Å²) in [5.74, 6) is 0.875. The van der Waals surface area contributed by atoms with Gasteiger partial charge in [0.05, 0.1) is 29.0 Å². The van der Waals surface area contributed by atoms with Crippen LogP contribution in [0.5, 0.6) is 5.75 Å². The molecular formula is C27H25N5O3S. The van der Waals surface area contributed by atoms with Crippen molar-refractivity contribution in [3.8, 4) is 11.4 Å². The van der Waals surface area contributed by atoms with Gasteiger partial charge in [0, 0.05) is 11.8 Å². The fourth-order valence-corrected chi connectivity index (χ4v) is 4.94. The van der Waals surface area contributed by atoms with E-state index < -0.39 is 5.25 Å². The summed E-state index contributed by atoms with van der Waals surface area (Å²) in [6.45, 7) is 5.76. The Morgan fingerprint density at radius 3 is 2.64 bits per heavy atom. The highest BCUT2D eigenvalue weighted by Crippen LogP contribution is 2.28. The number of hydrogen-bond donors (Lipinski definition) is 1. The monoisotopic (exact) mass is 499 g/mol. The second-order valence-electron chi connectivity index (χ2n) is 8.55. The van der Waals surface area contributed by atoms with Gasteiger partial charge in [-0.2, -0.15) is 0 Å². The molecule has 0 aliphatic carbocycles. The Morgan fingerprint density at radius 1 is 1.03 bits per heavy atom. The largest absolute Gasteiger partial charge is 0.497 e. The van der Waals surface area contributed by atoms with Crippen molar-refractivity contribution in [3.63, 3.8) is 0 Å². The number of thioether (sulfide) groups is 1. The van der Waals surface area contributed by atoms with E-state index in [9.17, 15) is 9.59 Å². The number of carbonyl (C=O) groups excluding carboxylic acids is 1. The van der Waals surface area contributed by atoms with Gasteiger partial charge in [-0.3, -0.25) is 14.0 Å². The quantitative estimate of drug-likeness (QED) is 0.338. The van der Waals surface area contributed by atoms with Crippen molar-refractivity contribution in [1.82, 2.24) is 19.2 Å². The minimum Gasteiger partial charge on any atom is -0.497 e. The van der Waals surface area contributed by atoms with Crippen molar-refractivity contribution in [2.75, 3.05) is 12.4 Å². The van der Waals surface area contributed by atoms with Crippen LogP contribution in [-0.4, -0.2) is 37.4 Å². The Morgan fingerprint density at radius 2 is 1.83 bits per heavy atom.